The highest BCUT2D eigenvalue weighted by atomic mass is 32.2. The topological polar surface area (TPSA) is 82.5 Å². The van der Waals surface area contributed by atoms with Crippen molar-refractivity contribution in [2.75, 3.05) is 24.3 Å². The van der Waals surface area contributed by atoms with Crippen molar-refractivity contribution in [1.82, 2.24) is 9.55 Å². The maximum Gasteiger partial charge on any atom is 0.341 e. The zero-order chi connectivity index (χ0) is 22.0. The van der Waals surface area contributed by atoms with Crippen LogP contribution in [0, 0.1) is 13.8 Å². The van der Waals surface area contributed by atoms with Crippen LogP contribution >= 0.6 is 23.1 Å². The van der Waals surface area contributed by atoms with Crippen LogP contribution in [-0.4, -0.2) is 46.5 Å². The second-order valence-corrected chi connectivity index (χ2v) is 9.98. The van der Waals surface area contributed by atoms with Crippen LogP contribution in [0.2, 0.25) is 0 Å². The summed E-state index contributed by atoms with van der Waals surface area (Å²) in [5.74, 6) is -0.257. The van der Waals surface area contributed by atoms with Crippen LogP contribution in [0.25, 0.3) is 0 Å². The Morgan fingerprint density at radius 1 is 1.32 bits per heavy atom. The molecule has 0 aromatic carbocycles. The summed E-state index contributed by atoms with van der Waals surface area (Å²) in [6.07, 6.45) is 5.22. The molecule has 3 heterocycles. The van der Waals surface area contributed by atoms with Crippen molar-refractivity contribution in [2.24, 2.45) is 0 Å². The fourth-order valence-corrected chi connectivity index (χ4v) is 6.34. The molecule has 0 radical (unpaired) electrons. The van der Waals surface area contributed by atoms with Gasteiger partial charge >= 0.3 is 5.97 Å². The minimum Gasteiger partial charge on any atom is -0.462 e. The minimum atomic E-state index is -0.344. The zero-order valence-corrected chi connectivity index (χ0v) is 19.9. The molecular weight excluding hydrogens is 434 g/mol. The van der Waals surface area contributed by atoms with E-state index in [1.165, 1.54) is 28.0 Å². The molecule has 1 aliphatic heterocycles. The number of thioether (sulfide) groups is 1. The number of carbonyl (C=O) groups excluding carboxylic acids is 2. The molecule has 1 fully saturated rings. The van der Waals surface area contributed by atoms with Gasteiger partial charge in [-0.05, 0) is 58.4 Å². The molecule has 0 bridgehead atoms. The van der Waals surface area contributed by atoms with E-state index in [1.807, 2.05) is 6.92 Å². The van der Waals surface area contributed by atoms with E-state index in [0.717, 1.165) is 67.4 Å². The molecule has 9 heteroatoms. The number of fused-ring (bicyclic) bond motifs is 1. The van der Waals surface area contributed by atoms with Crippen molar-refractivity contribution in [3.05, 3.63) is 27.4 Å². The molecule has 1 N–H and O–H groups in total. The number of anilines is 1. The number of carbonyl (C=O) groups is 2. The molecule has 1 aliphatic carbocycles. The largest absolute Gasteiger partial charge is 0.462 e. The Morgan fingerprint density at radius 2 is 2.16 bits per heavy atom. The molecule has 31 heavy (non-hydrogen) atoms. The molecule has 2 aromatic heterocycles. The van der Waals surface area contributed by atoms with E-state index in [-0.39, 0.29) is 23.7 Å². The number of hydrogen-bond acceptors (Lipinski definition) is 7. The number of nitrogens with zero attached hydrogens (tertiary/aromatic N) is 2. The van der Waals surface area contributed by atoms with Gasteiger partial charge in [0.15, 0.2) is 5.16 Å². The summed E-state index contributed by atoms with van der Waals surface area (Å²) < 4.78 is 13.2. The van der Waals surface area contributed by atoms with Gasteiger partial charge < -0.3 is 19.4 Å². The highest BCUT2D eigenvalue weighted by Crippen LogP contribution is 2.39. The summed E-state index contributed by atoms with van der Waals surface area (Å²) in [7, 11) is 0. The van der Waals surface area contributed by atoms with Gasteiger partial charge in [-0.3, -0.25) is 4.79 Å². The van der Waals surface area contributed by atoms with Gasteiger partial charge in [-0.2, -0.15) is 0 Å². The number of nitrogens with one attached hydrogen (secondary N) is 1. The number of hydrogen-bond donors (Lipinski definition) is 1. The van der Waals surface area contributed by atoms with Crippen LogP contribution in [0.3, 0.4) is 0 Å². The van der Waals surface area contributed by atoms with Gasteiger partial charge in [0.1, 0.15) is 5.00 Å². The average Bonchev–Trinajstić information content (AvgIpc) is 3.49. The van der Waals surface area contributed by atoms with Crippen LogP contribution < -0.4 is 5.32 Å². The first-order valence-electron chi connectivity index (χ1n) is 10.9. The van der Waals surface area contributed by atoms with E-state index in [2.05, 4.69) is 21.8 Å². The predicted molar refractivity (Wildman–Crippen MR) is 122 cm³/mol. The first-order chi connectivity index (χ1) is 15.0. The number of imidazole rings is 1. The first kappa shape index (κ1) is 22.4. The Kier molecular flexibility index (Phi) is 7.03. The quantitative estimate of drug-likeness (QED) is 0.468. The Hall–Kier alpha value is -1.84. The van der Waals surface area contributed by atoms with E-state index in [1.54, 1.807) is 6.92 Å². The van der Waals surface area contributed by atoms with E-state index in [0.29, 0.717) is 17.2 Å². The summed E-state index contributed by atoms with van der Waals surface area (Å²) in [4.78, 5) is 31.1. The summed E-state index contributed by atoms with van der Waals surface area (Å²) in [6.45, 7) is 7.74. The molecule has 2 aliphatic rings. The van der Waals surface area contributed by atoms with Crippen LogP contribution in [0.15, 0.2) is 5.16 Å². The maximum absolute atomic E-state index is 12.8. The molecular formula is C22H29N3O4S2. The molecule has 0 saturated carbocycles. The van der Waals surface area contributed by atoms with E-state index < -0.39 is 0 Å². The number of rotatable bonds is 8. The third-order valence-electron chi connectivity index (χ3n) is 5.82. The zero-order valence-electron chi connectivity index (χ0n) is 18.3. The van der Waals surface area contributed by atoms with Crippen molar-refractivity contribution in [3.63, 3.8) is 0 Å². The van der Waals surface area contributed by atoms with Gasteiger partial charge in [0.2, 0.25) is 5.91 Å². The van der Waals surface area contributed by atoms with Gasteiger partial charge in [0, 0.05) is 17.2 Å². The number of aryl methyl sites for hydroxylation is 2. The number of thiophene rings is 1. The summed E-state index contributed by atoms with van der Waals surface area (Å²) in [5, 5.41) is 4.41. The lowest BCUT2D eigenvalue weighted by atomic mass is 10.1. The Morgan fingerprint density at radius 3 is 2.90 bits per heavy atom. The third kappa shape index (κ3) is 4.83. The van der Waals surface area contributed by atoms with Gasteiger partial charge in [0.25, 0.3) is 0 Å². The van der Waals surface area contributed by atoms with Crippen LogP contribution in [0.1, 0.15) is 58.4 Å². The molecule has 2 aromatic rings. The summed E-state index contributed by atoms with van der Waals surface area (Å²) in [6, 6.07) is 0. The summed E-state index contributed by atoms with van der Waals surface area (Å²) in [5.41, 5.74) is 3.67. The highest BCUT2D eigenvalue weighted by molar-refractivity contribution is 7.99. The third-order valence-corrected chi connectivity index (χ3v) is 8.00. The first-order valence-corrected chi connectivity index (χ1v) is 12.7. The molecule has 1 atom stereocenters. The van der Waals surface area contributed by atoms with Gasteiger partial charge in [-0.1, -0.05) is 11.8 Å². The highest BCUT2D eigenvalue weighted by Gasteiger charge is 2.28. The lowest BCUT2D eigenvalue weighted by Gasteiger charge is -2.14. The Labute approximate surface area is 190 Å². The van der Waals surface area contributed by atoms with Crippen LogP contribution in [0.4, 0.5) is 5.00 Å². The van der Waals surface area contributed by atoms with E-state index >= 15 is 0 Å². The van der Waals surface area contributed by atoms with Crippen molar-refractivity contribution in [3.8, 4) is 0 Å². The van der Waals surface area contributed by atoms with Crippen molar-refractivity contribution < 1.29 is 19.1 Å². The molecule has 4 rings (SSSR count). The second kappa shape index (κ2) is 9.75. The number of esters is 1. The van der Waals surface area contributed by atoms with Crippen LogP contribution in [-0.2, 0) is 33.7 Å². The minimum absolute atomic E-state index is 0.141. The van der Waals surface area contributed by atoms with Gasteiger partial charge in [-0.25, -0.2) is 9.78 Å². The predicted octanol–water partition coefficient (Wildman–Crippen LogP) is 4.14. The van der Waals surface area contributed by atoms with Crippen LogP contribution in [0.5, 0.6) is 0 Å². The SMILES string of the molecule is CCOC(=O)c1c(NC(=O)CSc2nc(C)c(C)n2C[C@@H]2CCCO2)sc2c1CCC2. The Bertz CT molecular complexity index is 976. The number of ether oxygens (including phenoxy) is 2. The van der Waals surface area contributed by atoms with E-state index in [9.17, 15) is 9.59 Å². The molecule has 168 valence electrons. The monoisotopic (exact) mass is 463 g/mol. The molecule has 7 nitrogen and oxygen atoms in total. The fourth-order valence-electron chi connectivity index (χ4n) is 4.15. The maximum atomic E-state index is 12.8. The average molecular weight is 464 g/mol. The summed E-state index contributed by atoms with van der Waals surface area (Å²) >= 11 is 2.93. The van der Waals surface area contributed by atoms with Crippen molar-refractivity contribution >= 4 is 40.0 Å². The molecule has 1 amide bonds. The fraction of sp³-hybridized carbons (Fsp3) is 0.591. The lowest BCUT2D eigenvalue weighted by molar-refractivity contribution is -0.113. The standard InChI is InChI=1S/C22H29N3O4S2/c1-4-28-21(27)19-16-8-5-9-17(16)31-20(19)24-18(26)12-30-22-23-13(2)14(3)25(22)11-15-7-6-10-29-15/h15H,4-12H2,1-3H3,(H,24,26)/t15-/m0/s1. The molecule has 0 spiro atoms. The Balaban J connectivity index is 1.44. The number of aromatic nitrogens is 2. The van der Waals surface area contributed by atoms with E-state index in [4.69, 9.17) is 9.47 Å². The smallest absolute Gasteiger partial charge is 0.341 e. The molecule has 1 saturated heterocycles. The van der Waals surface area contributed by atoms with Gasteiger partial charge in [0.05, 0.1) is 36.3 Å². The lowest BCUT2D eigenvalue weighted by Crippen LogP contribution is -2.19. The number of amides is 1. The molecule has 0 unspecified atom stereocenters. The van der Waals surface area contributed by atoms with Gasteiger partial charge in [-0.15, -0.1) is 11.3 Å². The normalized spacial score (nSPS) is 17.7. The second-order valence-electron chi connectivity index (χ2n) is 7.93. The van der Waals surface area contributed by atoms with Crippen molar-refractivity contribution in [2.45, 2.75) is 70.7 Å². The van der Waals surface area contributed by atoms with Crippen molar-refractivity contribution in [1.29, 1.82) is 0 Å².